The topological polar surface area (TPSA) is 59.3 Å². The molecule has 0 unspecified atom stereocenters. The van der Waals surface area contributed by atoms with Crippen LogP contribution >= 0.6 is 0 Å². The van der Waals surface area contributed by atoms with Crippen LogP contribution < -0.4 is 5.32 Å². The van der Waals surface area contributed by atoms with E-state index in [2.05, 4.69) is 15.4 Å². The number of nitrogens with zero attached hydrogens (tertiary/aromatic N) is 3. The lowest BCUT2D eigenvalue weighted by Crippen LogP contribution is -2.30. The predicted molar refractivity (Wildman–Crippen MR) is 72.6 cm³/mol. The maximum absolute atomic E-state index is 13.2. The molecule has 0 atom stereocenters. The van der Waals surface area contributed by atoms with Crippen LogP contribution in [0, 0.1) is 0 Å². The van der Waals surface area contributed by atoms with Gasteiger partial charge in [0.1, 0.15) is 11.3 Å². The molecule has 22 heavy (non-hydrogen) atoms. The van der Waals surface area contributed by atoms with E-state index in [1.54, 1.807) is 13.8 Å². The minimum atomic E-state index is -4.55. The van der Waals surface area contributed by atoms with Gasteiger partial charge in [-0.2, -0.15) is 18.3 Å². The largest absolute Gasteiger partial charge is 0.433 e. The molecule has 1 aliphatic rings. The van der Waals surface area contributed by atoms with Gasteiger partial charge in [-0.25, -0.2) is 9.50 Å². The van der Waals surface area contributed by atoms with Crippen LogP contribution in [-0.4, -0.2) is 26.5 Å². The molecule has 118 valence electrons. The van der Waals surface area contributed by atoms with Crippen LogP contribution in [0.1, 0.15) is 54.4 Å². The summed E-state index contributed by atoms with van der Waals surface area (Å²) in [6.07, 6.45) is -1.78. The minimum absolute atomic E-state index is 0.0435. The first kappa shape index (κ1) is 14.8. The van der Waals surface area contributed by atoms with E-state index in [4.69, 9.17) is 0 Å². The van der Waals surface area contributed by atoms with Crippen molar-refractivity contribution >= 4 is 11.6 Å². The van der Waals surface area contributed by atoms with Crippen LogP contribution in [0.5, 0.6) is 0 Å². The molecule has 2 aromatic heterocycles. The van der Waals surface area contributed by atoms with E-state index < -0.39 is 17.8 Å². The van der Waals surface area contributed by atoms with Crippen LogP contribution in [0.3, 0.4) is 0 Å². The normalized spacial score (nSPS) is 15.5. The fraction of sp³-hybridized carbons (Fsp3) is 0.500. The lowest BCUT2D eigenvalue weighted by Gasteiger charge is -2.11. The molecule has 2 aromatic rings. The first-order chi connectivity index (χ1) is 10.3. The maximum Gasteiger partial charge on any atom is 0.433 e. The third kappa shape index (κ3) is 2.65. The number of carbonyl (C=O) groups excluding carboxylic acids is 1. The number of nitrogens with one attached hydrogen (secondary N) is 1. The van der Waals surface area contributed by atoms with Crippen molar-refractivity contribution in [1.82, 2.24) is 19.9 Å². The van der Waals surface area contributed by atoms with E-state index >= 15 is 0 Å². The molecule has 1 saturated carbocycles. The molecule has 0 aliphatic heterocycles. The maximum atomic E-state index is 13.2. The van der Waals surface area contributed by atoms with Crippen LogP contribution in [0.4, 0.5) is 13.2 Å². The van der Waals surface area contributed by atoms with Gasteiger partial charge in [-0.15, -0.1) is 0 Å². The van der Waals surface area contributed by atoms with Crippen LogP contribution in [-0.2, 0) is 6.18 Å². The van der Waals surface area contributed by atoms with E-state index in [0.717, 1.165) is 25.1 Å². The van der Waals surface area contributed by atoms with Gasteiger partial charge in [0.2, 0.25) is 0 Å². The molecule has 1 amide bonds. The molecule has 2 heterocycles. The van der Waals surface area contributed by atoms with Gasteiger partial charge in [-0.3, -0.25) is 4.79 Å². The molecule has 0 bridgehead atoms. The Bertz CT molecular complexity index is 731. The lowest BCUT2D eigenvalue weighted by atomic mass is 10.2. The van der Waals surface area contributed by atoms with E-state index in [1.165, 1.54) is 0 Å². The summed E-state index contributed by atoms with van der Waals surface area (Å²) in [6, 6.07) is 0.901. The Labute approximate surface area is 124 Å². The van der Waals surface area contributed by atoms with Gasteiger partial charge in [-0.1, -0.05) is 0 Å². The number of hydrogen-bond donors (Lipinski definition) is 1. The zero-order chi connectivity index (χ0) is 16.1. The number of amides is 1. The number of rotatable bonds is 3. The van der Waals surface area contributed by atoms with Crippen LogP contribution in [0.25, 0.3) is 5.65 Å². The smallest absolute Gasteiger partial charge is 0.350 e. The third-order valence-electron chi connectivity index (χ3n) is 3.44. The standard InChI is InChI=1S/C14H15F3N4O/c1-7(2)19-13(22)9-6-18-21-11(14(15,16)17)5-10(8-3-4-8)20-12(9)21/h5-8H,3-4H2,1-2H3,(H,19,22). The zero-order valence-corrected chi connectivity index (χ0v) is 12.1. The van der Waals surface area contributed by atoms with Gasteiger partial charge in [0.05, 0.1) is 6.20 Å². The van der Waals surface area contributed by atoms with Crippen molar-refractivity contribution in [3.05, 3.63) is 29.2 Å². The number of fused-ring (bicyclic) bond motifs is 1. The molecule has 5 nitrogen and oxygen atoms in total. The number of hydrogen-bond acceptors (Lipinski definition) is 3. The van der Waals surface area contributed by atoms with Gasteiger partial charge in [0, 0.05) is 17.7 Å². The fourth-order valence-corrected chi connectivity index (χ4v) is 2.27. The van der Waals surface area contributed by atoms with Gasteiger partial charge in [0.25, 0.3) is 5.91 Å². The van der Waals surface area contributed by atoms with Gasteiger partial charge < -0.3 is 5.32 Å². The molecule has 0 spiro atoms. The highest BCUT2D eigenvalue weighted by Crippen LogP contribution is 2.41. The fourth-order valence-electron chi connectivity index (χ4n) is 2.27. The predicted octanol–water partition coefficient (Wildman–Crippen LogP) is 2.76. The first-order valence-corrected chi connectivity index (χ1v) is 7.04. The highest BCUT2D eigenvalue weighted by Gasteiger charge is 2.37. The summed E-state index contributed by atoms with van der Waals surface area (Å²) < 4.78 is 40.3. The second-order valence-corrected chi connectivity index (χ2v) is 5.76. The van der Waals surface area contributed by atoms with Gasteiger partial charge >= 0.3 is 6.18 Å². The lowest BCUT2D eigenvalue weighted by molar-refractivity contribution is -0.142. The van der Waals surface area contributed by atoms with E-state index in [1.807, 2.05) is 0 Å². The SMILES string of the molecule is CC(C)NC(=O)c1cnn2c(C(F)(F)F)cc(C3CC3)nc12. The molecular weight excluding hydrogens is 297 g/mol. The summed E-state index contributed by atoms with van der Waals surface area (Å²) in [5.41, 5.74) is -0.515. The van der Waals surface area contributed by atoms with Crippen LogP contribution in [0.2, 0.25) is 0 Å². The quantitative estimate of drug-likeness (QED) is 0.948. The second kappa shape index (κ2) is 4.96. The Morgan fingerprint density at radius 2 is 2.09 bits per heavy atom. The van der Waals surface area contributed by atoms with E-state index in [0.29, 0.717) is 10.2 Å². The summed E-state index contributed by atoms with van der Waals surface area (Å²) in [4.78, 5) is 16.3. The van der Waals surface area contributed by atoms with Crippen molar-refractivity contribution in [3.63, 3.8) is 0 Å². The van der Waals surface area contributed by atoms with Crippen molar-refractivity contribution in [3.8, 4) is 0 Å². The average molecular weight is 312 g/mol. The zero-order valence-electron chi connectivity index (χ0n) is 12.1. The Balaban J connectivity index is 2.16. The van der Waals surface area contributed by atoms with Crippen molar-refractivity contribution in [2.75, 3.05) is 0 Å². The molecule has 0 saturated heterocycles. The van der Waals surface area contributed by atoms with Crippen molar-refractivity contribution in [2.45, 2.75) is 44.8 Å². The Hall–Kier alpha value is -2.12. The Morgan fingerprint density at radius 1 is 1.41 bits per heavy atom. The van der Waals surface area contributed by atoms with E-state index in [9.17, 15) is 18.0 Å². The second-order valence-electron chi connectivity index (χ2n) is 5.76. The number of carbonyl (C=O) groups is 1. The summed E-state index contributed by atoms with van der Waals surface area (Å²) >= 11 is 0. The third-order valence-corrected chi connectivity index (χ3v) is 3.44. The van der Waals surface area contributed by atoms with Gasteiger partial charge in [-0.05, 0) is 32.8 Å². The van der Waals surface area contributed by atoms with Crippen molar-refractivity contribution in [1.29, 1.82) is 0 Å². The van der Waals surface area contributed by atoms with E-state index in [-0.39, 0.29) is 23.2 Å². The highest BCUT2D eigenvalue weighted by atomic mass is 19.4. The molecule has 1 aliphatic carbocycles. The number of halogens is 3. The molecule has 3 rings (SSSR count). The summed E-state index contributed by atoms with van der Waals surface area (Å²) in [7, 11) is 0. The first-order valence-electron chi connectivity index (χ1n) is 7.04. The average Bonchev–Trinajstić information content (AvgIpc) is 3.15. The molecule has 0 aromatic carbocycles. The summed E-state index contributed by atoms with van der Waals surface area (Å²) in [6.45, 7) is 3.54. The molecule has 1 fully saturated rings. The van der Waals surface area contributed by atoms with Crippen LogP contribution in [0.15, 0.2) is 12.3 Å². The minimum Gasteiger partial charge on any atom is -0.350 e. The summed E-state index contributed by atoms with van der Waals surface area (Å²) in [5, 5.41) is 6.35. The molecule has 1 N–H and O–H groups in total. The molecule has 0 radical (unpaired) electrons. The number of alkyl halides is 3. The highest BCUT2D eigenvalue weighted by molar-refractivity contribution is 5.99. The Morgan fingerprint density at radius 3 is 2.64 bits per heavy atom. The summed E-state index contributed by atoms with van der Waals surface area (Å²) in [5.74, 6) is -0.430. The molecular formula is C14H15F3N4O. The molecule has 8 heteroatoms. The number of aromatic nitrogens is 3. The monoisotopic (exact) mass is 312 g/mol. The van der Waals surface area contributed by atoms with Crippen molar-refractivity contribution < 1.29 is 18.0 Å². The van der Waals surface area contributed by atoms with Crippen molar-refractivity contribution in [2.24, 2.45) is 0 Å². The van der Waals surface area contributed by atoms with Gasteiger partial charge in [0.15, 0.2) is 5.65 Å². The Kier molecular flexibility index (Phi) is 3.34.